The molecule has 21 heavy (non-hydrogen) atoms. The van der Waals surface area contributed by atoms with E-state index in [-0.39, 0.29) is 12.6 Å². The highest BCUT2D eigenvalue weighted by atomic mass is 32.2. The Morgan fingerprint density at radius 1 is 1.29 bits per heavy atom. The summed E-state index contributed by atoms with van der Waals surface area (Å²) < 4.78 is 53.6. The Kier molecular flexibility index (Phi) is 3.59. The summed E-state index contributed by atoms with van der Waals surface area (Å²) in [5.41, 5.74) is 0.937. The van der Waals surface area contributed by atoms with Crippen LogP contribution in [0, 0.1) is 11.6 Å². The predicted molar refractivity (Wildman–Crippen MR) is 76.7 cm³/mol. The summed E-state index contributed by atoms with van der Waals surface area (Å²) >= 11 is 1.59. The Hall–Kier alpha value is -1.31. The molecule has 0 spiro atoms. The minimum Gasteiger partial charge on any atom is -0.207 e. The molecule has 2 aromatic rings. The van der Waals surface area contributed by atoms with Crippen LogP contribution in [0.1, 0.15) is 23.4 Å². The van der Waals surface area contributed by atoms with Crippen molar-refractivity contribution in [3.05, 3.63) is 51.7 Å². The number of thiophene rings is 1. The van der Waals surface area contributed by atoms with E-state index < -0.39 is 26.6 Å². The quantitative estimate of drug-likeness (QED) is 0.847. The zero-order chi connectivity index (χ0) is 15.2. The van der Waals surface area contributed by atoms with E-state index in [0.717, 1.165) is 28.6 Å². The van der Waals surface area contributed by atoms with E-state index in [2.05, 4.69) is 0 Å². The van der Waals surface area contributed by atoms with Gasteiger partial charge in [-0.2, -0.15) is 4.31 Å². The maximum absolute atomic E-state index is 13.8. The molecule has 0 saturated heterocycles. The number of hydrogen-bond acceptors (Lipinski definition) is 3. The predicted octanol–water partition coefficient (Wildman–Crippen LogP) is 3.33. The normalized spacial score (nSPS) is 19.5. The summed E-state index contributed by atoms with van der Waals surface area (Å²) in [6.07, 6.45) is 0.591. The second-order valence-corrected chi connectivity index (χ2v) is 7.78. The lowest BCUT2D eigenvalue weighted by Crippen LogP contribution is -2.38. The first kappa shape index (κ1) is 14.6. The minimum absolute atomic E-state index is 0.271. The van der Waals surface area contributed by atoms with Gasteiger partial charge in [-0.05, 0) is 48.6 Å². The Morgan fingerprint density at radius 3 is 2.81 bits per heavy atom. The van der Waals surface area contributed by atoms with Crippen LogP contribution in [0.5, 0.6) is 0 Å². The summed E-state index contributed by atoms with van der Waals surface area (Å²) in [5.74, 6) is -1.70. The number of rotatable bonds is 2. The lowest BCUT2D eigenvalue weighted by molar-refractivity contribution is 0.327. The van der Waals surface area contributed by atoms with Gasteiger partial charge >= 0.3 is 0 Å². The molecule has 0 bridgehead atoms. The van der Waals surface area contributed by atoms with Crippen LogP contribution in [0.2, 0.25) is 0 Å². The zero-order valence-corrected chi connectivity index (χ0v) is 12.8. The highest BCUT2D eigenvalue weighted by molar-refractivity contribution is 7.89. The monoisotopic (exact) mass is 329 g/mol. The average molecular weight is 329 g/mol. The largest absolute Gasteiger partial charge is 0.246 e. The number of sulfonamides is 1. The van der Waals surface area contributed by atoms with Crippen molar-refractivity contribution in [3.63, 3.8) is 0 Å². The molecule has 0 amide bonds. The number of hydrogen-bond donors (Lipinski definition) is 0. The highest BCUT2D eigenvalue weighted by Gasteiger charge is 2.36. The molecule has 1 aromatic carbocycles. The Morgan fingerprint density at radius 2 is 2.05 bits per heavy atom. The zero-order valence-electron chi connectivity index (χ0n) is 11.2. The molecular formula is C14H13F2NO2S2. The molecule has 0 fully saturated rings. The molecule has 2 heterocycles. The van der Waals surface area contributed by atoms with Crippen molar-refractivity contribution < 1.29 is 17.2 Å². The van der Waals surface area contributed by atoms with Crippen molar-refractivity contribution in [1.29, 1.82) is 0 Å². The summed E-state index contributed by atoms with van der Waals surface area (Å²) in [7, 11) is -4.06. The van der Waals surface area contributed by atoms with Gasteiger partial charge in [-0.3, -0.25) is 0 Å². The third-order valence-corrected chi connectivity index (χ3v) is 6.68. The van der Waals surface area contributed by atoms with Gasteiger partial charge in [0.05, 0.1) is 0 Å². The van der Waals surface area contributed by atoms with Gasteiger partial charge in [0.25, 0.3) is 0 Å². The van der Waals surface area contributed by atoms with Crippen molar-refractivity contribution in [2.75, 3.05) is 6.54 Å². The van der Waals surface area contributed by atoms with E-state index in [0.29, 0.717) is 6.42 Å². The van der Waals surface area contributed by atoms with Crippen LogP contribution in [0.4, 0.5) is 8.78 Å². The van der Waals surface area contributed by atoms with Crippen LogP contribution in [0.25, 0.3) is 0 Å². The van der Waals surface area contributed by atoms with Crippen molar-refractivity contribution in [2.24, 2.45) is 0 Å². The average Bonchev–Trinajstić information content (AvgIpc) is 2.91. The number of fused-ring (bicyclic) bond motifs is 1. The van der Waals surface area contributed by atoms with Gasteiger partial charge < -0.3 is 0 Å². The molecule has 1 aromatic heterocycles. The van der Waals surface area contributed by atoms with E-state index in [4.69, 9.17) is 0 Å². The first-order valence-electron chi connectivity index (χ1n) is 6.44. The Balaban J connectivity index is 2.05. The molecule has 0 radical (unpaired) electrons. The van der Waals surface area contributed by atoms with Crippen molar-refractivity contribution >= 4 is 21.4 Å². The second kappa shape index (κ2) is 5.15. The molecular weight excluding hydrogens is 316 g/mol. The van der Waals surface area contributed by atoms with Gasteiger partial charge in [-0.25, -0.2) is 17.2 Å². The lowest BCUT2D eigenvalue weighted by atomic mass is 10.0. The number of halogens is 2. The van der Waals surface area contributed by atoms with E-state index in [1.807, 2.05) is 11.4 Å². The maximum Gasteiger partial charge on any atom is 0.246 e. The van der Waals surface area contributed by atoms with Gasteiger partial charge in [0, 0.05) is 17.5 Å². The number of nitrogens with zero attached hydrogens (tertiary/aromatic N) is 1. The van der Waals surface area contributed by atoms with Crippen molar-refractivity contribution in [2.45, 2.75) is 24.3 Å². The fourth-order valence-corrected chi connectivity index (χ4v) is 5.27. The van der Waals surface area contributed by atoms with Crippen LogP contribution >= 0.6 is 11.3 Å². The lowest BCUT2D eigenvalue weighted by Gasteiger charge is -2.32. The molecule has 0 N–H and O–H groups in total. The van der Waals surface area contributed by atoms with Gasteiger partial charge in [0.1, 0.15) is 16.5 Å². The summed E-state index contributed by atoms with van der Waals surface area (Å²) in [6, 6.07) is 3.99. The van der Waals surface area contributed by atoms with Crippen LogP contribution in [-0.2, 0) is 16.4 Å². The molecule has 7 heteroatoms. The smallest absolute Gasteiger partial charge is 0.207 e. The molecule has 112 valence electrons. The molecule has 1 aliphatic rings. The van der Waals surface area contributed by atoms with E-state index >= 15 is 0 Å². The molecule has 0 saturated carbocycles. The van der Waals surface area contributed by atoms with Gasteiger partial charge in [0.15, 0.2) is 0 Å². The molecule has 1 unspecified atom stereocenters. The topological polar surface area (TPSA) is 37.4 Å². The molecule has 1 atom stereocenters. The fourth-order valence-electron chi connectivity index (χ4n) is 2.62. The van der Waals surface area contributed by atoms with Gasteiger partial charge in [-0.1, -0.05) is 0 Å². The van der Waals surface area contributed by atoms with Crippen LogP contribution in [0.3, 0.4) is 0 Å². The SMILES string of the molecule is CC1c2ccsc2CCN1S(=O)(=O)c1cc(F)ccc1F. The minimum atomic E-state index is -4.06. The third-order valence-electron chi connectivity index (χ3n) is 3.70. The number of benzene rings is 1. The van der Waals surface area contributed by atoms with E-state index in [1.165, 1.54) is 4.31 Å². The van der Waals surface area contributed by atoms with Crippen LogP contribution in [0.15, 0.2) is 34.5 Å². The van der Waals surface area contributed by atoms with E-state index in [1.54, 1.807) is 18.3 Å². The molecule has 0 aliphatic carbocycles. The van der Waals surface area contributed by atoms with Crippen molar-refractivity contribution in [1.82, 2.24) is 4.31 Å². The standard InChI is InChI=1S/C14H13F2NO2S2/c1-9-11-5-7-20-13(11)4-6-17(9)21(18,19)14-8-10(15)2-3-12(14)16/h2-3,5,7-9H,4,6H2,1H3. The summed E-state index contributed by atoms with van der Waals surface area (Å²) in [6.45, 7) is 2.03. The first-order chi connectivity index (χ1) is 9.91. The van der Waals surface area contributed by atoms with Crippen molar-refractivity contribution in [3.8, 4) is 0 Å². The summed E-state index contributed by atoms with van der Waals surface area (Å²) in [5, 5.41) is 1.92. The first-order valence-corrected chi connectivity index (χ1v) is 8.76. The third kappa shape index (κ3) is 2.39. The summed E-state index contributed by atoms with van der Waals surface area (Å²) in [4.78, 5) is 0.543. The molecule has 3 rings (SSSR count). The van der Waals surface area contributed by atoms with Crippen LogP contribution < -0.4 is 0 Å². The molecule has 3 nitrogen and oxygen atoms in total. The highest BCUT2D eigenvalue weighted by Crippen LogP contribution is 2.36. The maximum atomic E-state index is 13.8. The van der Waals surface area contributed by atoms with E-state index in [9.17, 15) is 17.2 Å². The fraction of sp³-hybridized carbons (Fsp3) is 0.286. The second-order valence-electron chi connectivity index (χ2n) is 4.92. The molecule has 1 aliphatic heterocycles. The Labute approximate surface area is 125 Å². The van der Waals surface area contributed by atoms with Gasteiger partial charge in [0.2, 0.25) is 10.0 Å². The Bertz CT molecular complexity index is 786. The van der Waals surface area contributed by atoms with Crippen LogP contribution in [-0.4, -0.2) is 19.3 Å². The van der Waals surface area contributed by atoms with Gasteiger partial charge in [-0.15, -0.1) is 11.3 Å².